The maximum Gasteiger partial charge on any atom is 0.360 e. The number of rotatable bonds is 4. The van der Waals surface area contributed by atoms with Crippen molar-refractivity contribution in [1.82, 2.24) is 0 Å². The highest BCUT2D eigenvalue weighted by Crippen LogP contribution is 2.01. The number of carboxylic acid groups (broad SMARTS) is 1. The Labute approximate surface area is 75.4 Å². The van der Waals surface area contributed by atoms with Crippen molar-refractivity contribution in [2.75, 3.05) is 0 Å². The molecule has 0 saturated heterocycles. The average molecular weight is 182 g/mol. The van der Waals surface area contributed by atoms with Crippen molar-refractivity contribution in [3.63, 3.8) is 0 Å². The molecule has 1 rings (SSSR count). The number of hydrogen-bond acceptors (Lipinski definition) is 3. The number of carboxylic acids is 1. The number of aliphatic carboxylic acids is 1. The standard InChI is InChI=1S/C9H10O4/c10-8(11)9(12)13-6-7-4-2-1-3-5-7/h1-5,9,12H,6H2,(H,10,11). The van der Waals surface area contributed by atoms with Crippen molar-refractivity contribution in [3.05, 3.63) is 35.9 Å². The maximum absolute atomic E-state index is 10.1. The molecule has 0 aliphatic carbocycles. The van der Waals surface area contributed by atoms with Crippen LogP contribution in [0.1, 0.15) is 5.56 Å². The van der Waals surface area contributed by atoms with E-state index in [0.717, 1.165) is 5.56 Å². The Kier molecular flexibility index (Phi) is 3.42. The molecule has 0 radical (unpaired) electrons. The van der Waals surface area contributed by atoms with Crippen molar-refractivity contribution in [2.24, 2.45) is 0 Å². The molecule has 0 fully saturated rings. The van der Waals surface area contributed by atoms with E-state index in [1.54, 1.807) is 12.1 Å². The van der Waals surface area contributed by atoms with Crippen molar-refractivity contribution in [1.29, 1.82) is 0 Å². The van der Waals surface area contributed by atoms with Crippen molar-refractivity contribution in [3.8, 4) is 0 Å². The lowest BCUT2D eigenvalue weighted by Gasteiger charge is -2.06. The van der Waals surface area contributed by atoms with Crippen molar-refractivity contribution in [2.45, 2.75) is 12.9 Å². The first-order valence-electron chi connectivity index (χ1n) is 3.76. The molecule has 1 aromatic carbocycles. The minimum atomic E-state index is -1.75. The van der Waals surface area contributed by atoms with Gasteiger partial charge in [-0.3, -0.25) is 0 Å². The van der Waals surface area contributed by atoms with E-state index in [-0.39, 0.29) is 6.61 Å². The van der Waals surface area contributed by atoms with E-state index in [1.807, 2.05) is 18.2 Å². The van der Waals surface area contributed by atoms with Crippen molar-refractivity contribution < 1.29 is 19.7 Å². The van der Waals surface area contributed by atoms with E-state index >= 15 is 0 Å². The number of aliphatic hydroxyl groups is 1. The van der Waals surface area contributed by atoms with E-state index in [2.05, 4.69) is 4.74 Å². The second-order valence-corrected chi connectivity index (χ2v) is 2.49. The molecule has 4 heteroatoms. The summed E-state index contributed by atoms with van der Waals surface area (Å²) in [6.45, 7) is 0.0916. The van der Waals surface area contributed by atoms with Crippen LogP contribution in [0.5, 0.6) is 0 Å². The molecule has 0 saturated carbocycles. The molecule has 1 unspecified atom stereocenters. The van der Waals surface area contributed by atoms with Gasteiger partial charge < -0.3 is 14.9 Å². The highest BCUT2D eigenvalue weighted by molar-refractivity contribution is 5.70. The molecule has 0 amide bonds. The van der Waals surface area contributed by atoms with E-state index in [1.165, 1.54) is 0 Å². The van der Waals surface area contributed by atoms with Crippen LogP contribution in [0.3, 0.4) is 0 Å². The van der Waals surface area contributed by atoms with Crippen LogP contribution in [0.25, 0.3) is 0 Å². The minimum Gasteiger partial charge on any atom is -0.477 e. The maximum atomic E-state index is 10.1. The summed E-state index contributed by atoms with van der Waals surface area (Å²) in [5.41, 5.74) is 0.822. The molecule has 2 N–H and O–H groups in total. The van der Waals surface area contributed by atoms with E-state index < -0.39 is 12.3 Å². The summed E-state index contributed by atoms with van der Waals surface area (Å²) >= 11 is 0. The largest absolute Gasteiger partial charge is 0.477 e. The zero-order valence-corrected chi connectivity index (χ0v) is 6.88. The first-order chi connectivity index (χ1) is 6.20. The van der Waals surface area contributed by atoms with Crippen LogP contribution in [-0.2, 0) is 16.1 Å². The summed E-state index contributed by atoms with van der Waals surface area (Å²) in [5, 5.41) is 17.1. The molecule has 13 heavy (non-hydrogen) atoms. The lowest BCUT2D eigenvalue weighted by atomic mass is 10.2. The monoisotopic (exact) mass is 182 g/mol. The molecule has 4 nitrogen and oxygen atoms in total. The topological polar surface area (TPSA) is 66.8 Å². The Balaban J connectivity index is 2.39. The molecule has 70 valence electrons. The summed E-state index contributed by atoms with van der Waals surface area (Å²) in [6.07, 6.45) is -1.75. The first-order valence-corrected chi connectivity index (χ1v) is 3.76. The van der Waals surface area contributed by atoms with Gasteiger partial charge in [0.25, 0.3) is 6.29 Å². The summed E-state index contributed by atoms with van der Waals surface area (Å²) in [5.74, 6) is -1.38. The third-order valence-electron chi connectivity index (χ3n) is 1.46. The molecule has 0 aliphatic rings. The number of carbonyl (C=O) groups is 1. The van der Waals surface area contributed by atoms with Crippen LogP contribution < -0.4 is 0 Å². The summed E-state index contributed by atoms with van der Waals surface area (Å²) in [7, 11) is 0. The Morgan fingerprint density at radius 1 is 1.38 bits per heavy atom. The molecule has 0 aliphatic heterocycles. The molecule has 0 heterocycles. The molecule has 0 aromatic heterocycles. The van der Waals surface area contributed by atoms with Gasteiger partial charge in [-0.15, -0.1) is 0 Å². The summed E-state index contributed by atoms with van der Waals surface area (Å²) < 4.78 is 4.65. The molecular formula is C9H10O4. The van der Waals surface area contributed by atoms with Gasteiger partial charge in [-0.05, 0) is 5.56 Å². The summed E-state index contributed by atoms with van der Waals surface area (Å²) in [4.78, 5) is 10.1. The number of benzene rings is 1. The third kappa shape index (κ3) is 3.23. The smallest absolute Gasteiger partial charge is 0.360 e. The molecule has 0 spiro atoms. The highest BCUT2D eigenvalue weighted by Gasteiger charge is 2.12. The average Bonchev–Trinajstić information content (AvgIpc) is 2.15. The van der Waals surface area contributed by atoms with Crippen LogP contribution in [0.2, 0.25) is 0 Å². The van der Waals surface area contributed by atoms with Gasteiger partial charge in [0.2, 0.25) is 0 Å². The van der Waals surface area contributed by atoms with Crippen molar-refractivity contribution >= 4 is 5.97 Å². The van der Waals surface area contributed by atoms with Crippen LogP contribution in [0.4, 0.5) is 0 Å². The van der Waals surface area contributed by atoms with Crippen LogP contribution in [0.15, 0.2) is 30.3 Å². The number of ether oxygens (including phenoxy) is 1. The van der Waals surface area contributed by atoms with Gasteiger partial charge in [0.05, 0.1) is 6.61 Å². The zero-order valence-electron chi connectivity index (χ0n) is 6.88. The third-order valence-corrected chi connectivity index (χ3v) is 1.46. The Bertz CT molecular complexity index is 270. The molecular weight excluding hydrogens is 172 g/mol. The van der Waals surface area contributed by atoms with Gasteiger partial charge in [0.15, 0.2) is 0 Å². The van der Waals surface area contributed by atoms with Gasteiger partial charge >= 0.3 is 5.97 Å². The van der Waals surface area contributed by atoms with E-state index in [9.17, 15) is 4.79 Å². The second-order valence-electron chi connectivity index (χ2n) is 2.49. The Hall–Kier alpha value is -1.39. The van der Waals surface area contributed by atoms with Gasteiger partial charge in [0, 0.05) is 0 Å². The molecule has 0 bridgehead atoms. The molecule has 1 aromatic rings. The fraction of sp³-hybridized carbons (Fsp3) is 0.222. The van der Waals surface area contributed by atoms with Gasteiger partial charge in [-0.1, -0.05) is 30.3 Å². The first kappa shape index (κ1) is 9.70. The second kappa shape index (κ2) is 4.59. The van der Waals surface area contributed by atoms with Crippen LogP contribution in [0, 0.1) is 0 Å². The Morgan fingerprint density at radius 2 is 2.00 bits per heavy atom. The quantitative estimate of drug-likeness (QED) is 0.669. The lowest BCUT2D eigenvalue weighted by molar-refractivity contribution is -0.178. The summed E-state index contributed by atoms with van der Waals surface area (Å²) in [6, 6.07) is 9.04. The predicted octanol–water partition coefficient (Wildman–Crippen LogP) is 0.606. The normalized spacial score (nSPS) is 12.4. The van der Waals surface area contributed by atoms with Gasteiger partial charge in [-0.2, -0.15) is 0 Å². The van der Waals surface area contributed by atoms with Crippen LogP contribution >= 0.6 is 0 Å². The highest BCUT2D eigenvalue weighted by atomic mass is 16.6. The fourth-order valence-corrected chi connectivity index (χ4v) is 0.821. The van der Waals surface area contributed by atoms with Gasteiger partial charge in [0.1, 0.15) is 0 Å². The van der Waals surface area contributed by atoms with E-state index in [0.29, 0.717) is 0 Å². The SMILES string of the molecule is O=C(O)C(O)OCc1ccccc1. The van der Waals surface area contributed by atoms with Gasteiger partial charge in [-0.25, -0.2) is 4.79 Å². The zero-order chi connectivity index (χ0) is 9.68. The number of hydrogen-bond donors (Lipinski definition) is 2. The lowest BCUT2D eigenvalue weighted by Crippen LogP contribution is -2.22. The minimum absolute atomic E-state index is 0.0916. The van der Waals surface area contributed by atoms with Crippen LogP contribution in [-0.4, -0.2) is 22.5 Å². The number of aliphatic hydroxyl groups excluding tert-OH is 1. The fourth-order valence-electron chi connectivity index (χ4n) is 0.821. The van der Waals surface area contributed by atoms with E-state index in [4.69, 9.17) is 10.2 Å². The predicted molar refractivity (Wildman–Crippen MR) is 44.9 cm³/mol. The molecule has 1 atom stereocenters. The Morgan fingerprint density at radius 3 is 2.54 bits per heavy atom.